The smallest absolute Gasteiger partial charge is 0.277 e. The number of ether oxygens (including phenoxy) is 1. The molecule has 14 heavy (non-hydrogen) atoms. The lowest BCUT2D eigenvalue weighted by Gasteiger charge is -2.19. The number of hydrogen-bond acceptors (Lipinski definition) is 2. The summed E-state index contributed by atoms with van der Waals surface area (Å²) in [6.07, 6.45) is 1.60. The maximum atomic E-state index is 9.48. The molecule has 0 radical (unpaired) electrons. The van der Waals surface area contributed by atoms with Gasteiger partial charge in [-0.25, -0.2) is 0 Å². The molecule has 0 bridgehead atoms. The van der Waals surface area contributed by atoms with Crippen LogP contribution in [0.1, 0.15) is 26.3 Å². The van der Waals surface area contributed by atoms with Crippen molar-refractivity contribution < 1.29 is 9.84 Å². The van der Waals surface area contributed by atoms with Crippen molar-refractivity contribution in [2.24, 2.45) is 0 Å². The van der Waals surface area contributed by atoms with E-state index < -0.39 is 0 Å². The van der Waals surface area contributed by atoms with Gasteiger partial charge >= 0.3 is 0 Å². The first-order chi connectivity index (χ1) is 6.47. The molecule has 0 saturated carbocycles. The lowest BCUT2D eigenvalue weighted by molar-refractivity contribution is -0.0114. The molecule has 0 aliphatic carbocycles. The van der Waals surface area contributed by atoms with Crippen LogP contribution >= 0.6 is 0 Å². The number of aliphatic hydroxyl groups is 1. The standard InChI is InChI=1S/C12H16O2/c1-12(2,3)14-11(13)9-10-7-5-4-6-8-10/h4-9,13H,1-3H3/b11-9+. The fourth-order valence-corrected chi connectivity index (χ4v) is 1.04. The molecule has 1 N–H and O–H groups in total. The summed E-state index contributed by atoms with van der Waals surface area (Å²) >= 11 is 0. The predicted octanol–water partition coefficient (Wildman–Crippen LogP) is 3.36. The molecule has 0 aromatic heterocycles. The topological polar surface area (TPSA) is 29.5 Å². The zero-order chi connectivity index (χ0) is 10.6. The largest absolute Gasteiger partial charge is 0.481 e. The Morgan fingerprint density at radius 3 is 2.29 bits per heavy atom. The van der Waals surface area contributed by atoms with Crippen molar-refractivity contribution in [1.82, 2.24) is 0 Å². The monoisotopic (exact) mass is 192 g/mol. The third-order valence-electron chi connectivity index (χ3n) is 1.50. The Morgan fingerprint density at radius 1 is 1.21 bits per heavy atom. The van der Waals surface area contributed by atoms with Gasteiger partial charge in [-0.2, -0.15) is 0 Å². The second-order valence-corrected chi connectivity index (χ2v) is 4.11. The van der Waals surface area contributed by atoms with Gasteiger partial charge in [0.1, 0.15) is 5.60 Å². The molecule has 0 aliphatic heterocycles. The van der Waals surface area contributed by atoms with Crippen LogP contribution in [0.25, 0.3) is 6.08 Å². The van der Waals surface area contributed by atoms with E-state index in [1.54, 1.807) is 6.08 Å². The Morgan fingerprint density at radius 2 is 1.79 bits per heavy atom. The van der Waals surface area contributed by atoms with Crippen LogP contribution in [0.5, 0.6) is 0 Å². The van der Waals surface area contributed by atoms with Crippen molar-refractivity contribution in [3.8, 4) is 0 Å². The zero-order valence-electron chi connectivity index (χ0n) is 8.82. The van der Waals surface area contributed by atoms with Crippen LogP contribution in [0.4, 0.5) is 0 Å². The molecule has 0 atom stereocenters. The van der Waals surface area contributed by atoms with E-state index in [1.165, 1.54) is 0 Å². The summed E-state index contributed by atoms with van der Waals surface area (Å²) in [7, 11) is 0. The van der Waals surface area contributed by atoms with Gasteiger partial charge in [-0.05, 0) is 26.3 Å². The fraction of sp³-hybridized carbons (Fsp3) is 0.333. The Hall–Kier alpha value is -1.44. The molecule has 0 spiro atoms. The molecule has 2 nitrogen and oxygen atoms in total. The summed E-state index contributed by atoms with van der Waals surface area (Å²) < 4.78 is 5.26. The second-order valence-electron chi connectivity index (χ2n) is 4.11. The van der Waals surface area contributed by atoms with Crippen LogP contribution in [0.3, 0.4) is 0 Å². The molecule has 0 heterocycles. The molecule has 2 heteroatoms. The molecule has 0 fully saturated rings. The highest BCUT2D eigenvalue weighted by Crippen LogP contribution is 2.14. The van der Waals surface area contributed by atoms with E-state index in [4.69, 9.17) is 4.74 Å². The Balaban J connectivity index is 2.70. The minimum atomic E-state index is -0.366. The highest BCUT2D eigenvalue weighted by atomic mass is 16.6. The minimum absolute atomic E-state index is 0.0521. The van der Waals surface area contributed by atoms with Crippen molar-refractivity contribution in [2.45, 2.75) is 26.4 Å². The average Bonchev–Trinajstić information content (AvgIpc) is 2.02. The number of aliphatic hydroxyl groups excluding tert-OH is 1. The minimum Gasteiger partial charge on any atom is -0.481 e. The van der Waals surface area contributed by atoms with Crippen molar-refractivity contribution in [2.75, 3.05) is 0 Å². The van der Waals surface area contributed by atoms with Crippen LogP contribution in [0, 0.1) is 0 Å². The SMILES string of the molecule is CC(C)(C)O/C(O)=C/c1ccccc1. The first-order valence-electron chi connectivity index (χ1n) is 4.62. The fourth-order valence-electron chi connectivity index (χ4n) is 1.04. The third-order valence-corrected chi connectivity index (χ3v) is 1.50. The molecule has 1 aromatic carbocycles. The normalized spacial score (nSPS) is 12.6. The van der Waals surface area contributed by atoms with Gasteiger partial charge in [-0.1, -0.05) is 30.3 Å². The summed E-state index contributed by atoms with van der Waals surface area (Å²) in [6.45, 7) is 5.67. The van der Waals surface area contributed by atoms with Gasteiger partial charge in [0.05, 0.1) is 0 Å². The Labute approximate surface area is 84.8 Å². The molecule has 0 aliphatic rings. The van der Waals surface area contributed by atoms with E-state index in [0.717, 1.165) is 5.56 Å². The summed E-state index contributed by atoms with van der Waals surface area (Å²) in [5.41, 5.74) is 0.560. The van der Waals surface area contributed by atoms with Crippen molar-refractivity contribution in [3.05, 3.63) is 41.8 Å². The van der Waals surface area contributed by atoms with Crippen molar-refractivity contribution in [1.29, 1.82) is 0 Å². The molecule has 1 rings (SSSR count). The quantitative estimate of drug-likeness (QED) is 0.728. The van der Waals surface area contributed by atoms with E-state index >= 15 is 0 Å². The van der Waals surface area contributed by atoms with Crippen LogP contribution in [0.15, 0.2) is 36.3 Å². The van der Waals surface area contributed by atoms with Gasteiger partial charge in [-0.3, -0.25) is 0 Å². The molecule has 76 valence electrons. The maximum Gasteiger partial charge on any atom is 0.277 e. The molecular weight excluding hydrogens is 176 g/mol. The molecular formula is C12H16O2. The Kier molecular flexibility index (Phi) is 3.18. The molecule has 1 aromatic rings. The first kappa shape index (κ1) is 10.6. The second kappa shape index (κ2) is 4.18. The summed E-state index contributed by atoms with van der Waals surface area (Å²) in [5.74, 6) is -0.0521. The number of hydrogen-bond donors (Lipinski definition) is 1. The van der Waals surface area contributed by atoms with Gasteiger partial charge in [0.15, 0.2) is 0 Å². The lowest BCUT2D eigenvalue weighted by atomic mass is 10.2. The van der Waals surface area contributed by atoms with E-state index in [-0.39, 0.29) is 11.5 Å². The van der Waals surface area contributed by atoms with Gasteiger partial charge in [-0.15, -0.1) is 0 Å². The predicted molar refractivity (Wildman–Crippen MR) is 57.9 cm³/mol. The Bertz CT molecular complexity index is 307. The van der Waals surface area contributed by atoms with E-state index in [2.05, 4.69) is 0 Å². The molecule has 0 unspecified atom stereocenters. The van der Waals surface area contributed by atoms with Crippen LogP contribution in [-0.2, 0) is 4.74 Å². The molecule has 0 saturated heterocycles. The van der Waals surface area contributed by atoms with Gasteiger partial charge in [0.2, 0.25) is 0 Å². The lowest BCUT2D eigenvalue weighted by Crippen LogP contribution is -2.18. The van der Waals surface area contributed by atoms with Gasteiger partial charge in [0.25, 0.3) is 5.95 Å². The average molecular weight is 192 g/mol. The summed E-state index contributed by atoms with van der Waals surface area (Å²) in [6, 6.07) is 9.57. The van der Waals surface area contributed by atoms with Crippen LogP contribution in [0.2, 0.25) is 0 Å². The zero-order valence-corrected chi connectivity index (χ0v) is 8.82. The summed E-state index contributed by atoms with van der Waals surface area (Å²) in [4.78, 5) is 0. The maximum absolute atomic E-state index is 9.48. The first-order valence-corrected chi connectivity index (χ1v) is 4.62. The van der Waals surface area contributed by atoms with Gasteiger partial charge in [0, 0.05) is 6.08 Å². The van der Waals surface area contributed by atoms with E-state index in [9.17, 15) is 5.11 Å². The highest BCUT2D eigenvalue weighted by molar-refractivity contribution is 5.49. The van der Waals surface area contributed by atoms with E-state index in [0.29, 0.717) is 0 Å². The van der Waals surface area contributed by atoms with Crippen LogP contribution < -0.4 is 0 Å². The third kappa shape index (κ3) is 3.99. The van der Waals surface area contributed by atoms with Crippen LogP contribution in [-0.4, -0.2) is 10.7 Å². The molecule has 0 amide bonds. The summed E-state index contributed by atoms with van der Waals surface area (Å²) in [5, 5.41) is 9.48. The van der Waals surface area contributed by atoms with Crippen molar-refractivity contribution in [3.63, 3.8) is 0 Å². The number of benzene rings is 1. The van der Waals surface area contributed by atoms with E-state index in [1.807, 2.05) is 51.1 Å². The number of rotatable bonds is 2. The van der Waals surface area contributed by atoms with Gasteiger partial charge < -0.3 is 9.84 Å². The highest BCUT2D eigenvalue weighted by Gasteiger charge is 2.12. The van der Waals surface area contributed by atoms with Crippen molar-refractivity contribution >= 4 is 6.08 Å².